The number of carbonyl (C=O) groups excluding carboxylic acids is 1. The molecule has 1 aliphatic heterocycles. The van der Waals surface area contributed by atoms with Crippen LogP contribution in [0.1, 0.15) is 13.3 Å². The maximum absolute atomic E-state index is 11.4. The van der Waals surface area contributed by atoms with Crippen LogP contribution in [0.25, 0.3) is 0 Å². The molecule has 1 amide bonds. The summed E-state index contributed by atoms with van der Waals surface area (Å²) in [5.74, 6) is 0.510. The molecule has 1 aliphatic rings. The van der Waals surface area contributed by atoms with E-state index >= 15 is 0 Å². The zero-order valence-corrected chi connectivity index (χ0v) is 10.1. The molecule has 3 N–H and O–H groups in total. The number of hydrogen-bond donors (Lipinski definition) is 3. The molecule has 1 aromatic heterocycles. The van der Waals surface area contributed by atoms with Crippen molar-refractivity contribution >= 4 is 24.4 Å². The van der Waals surface area contributed by atoms with E-state index in [1.54, 1.807) is 0 Å². The van der Waals surface area contributed by atoms with Crippen molar-refractivity contribution in [3.05, 3.63) is 12.4 Å². The van der Waals surface area contributed by atoms with Crippen LogP contribution in [0.15, 0.2) is 12.4 Å². The summed E-state index contributed by atoms with van der Waals surface area (Å²) >= 11 is 0. The smallest absolute Gasteiger partial charge is 0.423 e. The molecule has 0 radical (unpaired) electrons. The summed E-state index contributed by atoms with van der Waals surface area (Å²) in [4.78, 5) is 21.5. The Morgan fingerprint density at radius 2 is 2.11 bits per heavy atom. The fraction of sp³-hybridized carbons (Fsp3) is 0.500. The molecule has 96 valence electrons. The van der Waals surface area contributed by atoms with E-state index < -0.39 is 7.12 Å². The molecule has 8 heteroatoms. The van der Waals surface area contributed by atoms with Gasteiger partial charge in [0.2, 0.25) is 11.9 Å². The first-order chi connectivity index (χ1) is 8.58. The average Bonchev–Trinajstić information content (AvgIpc) is 2.50. The van der Waals surface area contributed by atoms with Crippen molar-refractivity contribution in [3.8, 4) is 0 Å². The molecule has 1 atom stereocenters. The largest absolute Gasteiger partial charge is 0.491 e. The average molecular weight is 250 g/mol. The Labute approximate surface area is 105 Å². The van der Waals surface area contributed by atoms with E-state index in [4.69, 9.17) is 10.0 Å². The fourth-order valence-electron chi connectivity index (χ4n) is 1.90. The standard InChI is InChI=1S/C10H15BN4O3/c1-7-4-9(16)12-2-3-15(7)10-13-5-8(6-14-10)11(17)18/h5-7,17-18H,2-4H2,1H3,(H,12,16)/t7-/m0/s1. The van der Waals surface area contributed by atoms with E-state index in [-0.39, 0.29) is 17.4 Å². The van der Waals surface area contributed by atoms with Crippen LogP contribution >= 0.6 is 0 Å². The van der Waals surface area contributed by atoms with Gasteiger partial charge in [0.05, 0.1) is 0 Å². The molecule has 0 spiro atoms. The van der Waals surface area contributed by atoms with Gasteiger partial charge in [0.1, 0.15) is 0 Å². The summed E-state index contributed by atoms with van der Waals surface area (Å²) < 4.78 is 0. The van der Waals surface area contributed by atoms with Crippen LogP contribution in [-0.2, 0) is 4.79 Å². The van der Waals surface area contributed by atoms with Gasteiger partial charge in [0.15, 0.2) is 0 Å². The lowest BCUT2D eigenvalue weighted by molar-refractivity contribution is -0.120. The Kier molecular flexibility index (Phi) is 3.78. The first-order valence-corrected chi connectivity index (χ1v) is 5.79. The van der Waals surface area contributed by atoms with Crippen LogP contribution in [0.4, 0.5) is 5.95 Å². The highest BCUT2D eigenvalue weighted by molar-refractivity contribution is 6.58. The predicted molar refractivity (Wildman–Crippen MR) is 66.3 cm³/mol. The number of nitrogens with one attached hydrogen (secondary N) is 1. The fourth-order valence-corrected chi connectivity index (χ4v) is 1.90. The molecular formula is C10H15BN4O3. The minimum absolute atomic E-state index is 0.0115. The molecule has 1 fully saturated rings. The SMILES string of the molecule is C[C@H]1CC(=O)NCCN1c1ncc(B(O)O)cn1. The number of rotatable bonds is 2. The summed E-state index contributed by atoms with van der Waals surface area (Å²) in [6.07, 6.45) is 3.15. The third-order valence-corrected chi connectivity index (χ3v) is 2.90. The van der Waals surface area contributed by atoms with Gasteiger partial charge in [-0.15, -0.1) is 0 Å². The van der Waals surface area contributed by atoms with E-state index in [2.05, 4.69) is 15.3 Å². The highest BCUT2D eigenvalue weighted by Crippen LogP contribution is 2.13. The quantitative estimate of drug-likeness (QED) is 0.519. The Hall–Kier alpha value is -1.67. The number of amides is 1. The Morgan fingerprint density at radius 3 is 2.72 bits per heavy atom. The van der Waals surface area contributed by atoms with Crippen molar-refractivity contribution < 1.29 is 14.8 Å². The summed E-state index contributed by atoms with van der Waals surface area (Å²) in [5, 5.41) is 20.7. The van der Waals surface area contributed by atoms with Crippen molar-refractivity contribution in [2.24, 2.45) is 0 Å². The lowest BCUT2D eigenvalue weighted by atomic mass is 9.83. The second-order valence-corrected chi connectivity index (χ2v) is 4.29. The van der Waals surface area contributed by atoms with Crippen LogP contribution in [0, 0.1) is 0 Å². The molecule has 0 aromatic carbocycles. The Bertz CT molecular complexity index is 426. The van der Waals surface area contributed by atoms with Crippen molar-refractivity contribution in [1.29, 1.82) is 0 Å². The number of nitrogens with zero attached hydrogens (tertiary/aromatic N) is 3. The topological polar surface area (TPSA) is 98.6 Å². The lowest BCUT2D eigenvalue weighted by Crippen LogP contribution is -2.37. The molecular weight excluding hydrogens is 235 g/mol. The van der Waals surface area contributed by atoms with E-state index in [1.807, 2.05) is 11.8 Å². The monoisotopic (exact) mass is 250 g/mol. The molecule has 0 unspecified atom stereocenters. The molecule has 0 aliphatic carbocycles. The number of carbonyl (C=O) groups is 1. The van der Waals surface area contributed by atoms with Gasteiger partial charge in [-0.1, -0.05) is 0 Å². The first-order valence-electron chi connectivity index (χ1n) is 5.79. The van der Waals surface area contributed by atoms with Gasteiger partial charge in [-0.2, -0.15) is 0 Å². The molecule has 2 heterocycles. The molecule has 7 nitrogen and oxygen atoms in total. The lowest BCUT2D eigenvalue weighted by Gasteiger charge is -2.25. The minimum atomic E-state index is -1.57. The first kappa shape index (κ1) is 12.8. The van der Waals surface area contributed by atoms with Gasteiger partial charge < -0.3 is 20.3 Å². The number of hydrogen-bond acceptors (Lipinski definition) is 6. The van der Waals surface area contributed by atoms with Crippen LogP contribution in [0.3, 0.4) is 0 Å². The van der Waals surface area contributed by atoms with Gasteiger partial charge in [-0.25, -0.2) is 9.97 Å². The van der Waals surface area contributed by atoms with E-state index in [0.29, 0.717) is 25.5 Å². The maximum atomic E-state index is 11.4. The maximum Gasteiger partial charge on any atom is 0.491 e. The van der Waals surface area contributed by atoms with Gasteiger partial charge in [0, 0.05) is 43.4 Å². The predicted octanol–water partition coefficient (Wildman–Crippen LogP) is -2.13. The summed E-state index contributed by atoms with van der Waals surface area (Å²) in [5.41, 5.74) is 0.246. The van der Waals surface area contributed by atoms with Gasteiger partial charge >= 0.3 is 7.12 Å². The number of aromatic nitrogens is 2. The molecule has 0 saturated carbocycles. The van der Waals surface area contributed by atoms with Crippen LogP contribution in [0.5, 0.6) is 0 Å². The van der Waals surface area contributed by atoms with E-state index in [0.717, 1.165) is 0 Å². The third kappa shape index (κ3) is 2.77. The Balaban J connectivity index is 2.16. The molecule has 0 bridgehead atoms. The molecule has 1 saturated heterocycles. The van der Waals surface area contributed by atoms with E-state index in [1.165, 1.54) is 12.4 Å². The third-order valence-electron chi connectivity index (χ3n) is 2.90. The van der Waals surface area contributed by atoms with E-state index in [9.17, 15) is 4.79 Å². The van der Waals surface area contributed by atoms with Crippen LogP contribution < -0.4 is 15.7 Å². The zero-order valence-electron chi connectivity index (χ0n) is 10.1. The highest BCUT2D eigenvalue weighted by atomic mass is 16.4. The van der Waals surface area contributed by atoms with Crippen molar-refractivity contribution in [3.63, 3.8) is 0 Å². The molecule has 1 aromatic rings. The van der Waals surface area contributed by atoms with Gasteiger partial charge in [0.25, 0.3) is 0 Å². The van der Waals surface area contributed by atoms with Crippen LogP contribution in [-0.4, -0.2) is 52.2 Å². The minimum Gasteiger partial charge on any atom is -0.423 e. The van der Waals surface area contributed by atoms with Gasteiger partial charge in [-0.3, -0.25) is 4.79 Å². The normalized spacial score (nSPS) is 20.3. The van der Waals surface area contributed by atoms with Crippen LogP contribution in [0.2, 0.25) is 0 Å². The molecule has 18 heavy (non-hydrogen) atoms. The summed E-state index contributed by atoms with van der Waals surface area (Å²) in [6.45, 7) is 3.12. The van der Waals surface area contributed by atoms with Crippen molar-refractivity contribution in [1.82, 2.24) is 15.3 Å². The summed E-state index contributed by atoms with van der Waals surface area (Å²) in [7, 11) is -1.57. The second kappa shape index (κ2) is 5.32. The molecule has 2 rings (SSSR count). The van der Waals surface area contributed by atoms with Crippen molar-refractivity contribution in [2.45, 2.75) is 19.4 Å². The second-order valence-electron chi connectivity index (χ2n) is 4.29. The highest BCUT2D eigenvalue weighted by Gasteiger charge is 2.23. The Morgan fingerprint density at radius 1 is 1.44 bits per heavy atom. The van der Waals surface area contributed by atoms with Gasteiger partial charge in [-0.05, 0) is 6.92 Å². The zero-order chi connectivity index (χ0) is 13.1. The summed E-state index contributed by atoms with van der Waals surface area (Å²) in [6, 6.07) is 0.0115. The van der Waals surface area contributed by atoms with Crippen molar-refractivity contribution in [2.75, 3.05) is 18.0 Å². The number of anilines is 1.